The van der Waals surface area contributed by atoms with Crippen LogP contribution in [0.25, 0.3) is 0 Å². The number of hydrogen-bond donors (Lipinski definition) is 1. The van der Waals surface area contributed by atoms with Crippen molar-refractivity contribution in [3.63, 3.8) is 0 Å². The number of halogens is 1. The van der Waals surface area contributed by atoms with E-state index in [0.717, 1.165) is 25.9 Å². The third-order valence-corrected chi connectivity index (χ3v) is 4.01. The van der Waals surface area contributed by atoms with E-state index in [1.807, 2.05) is 11.8 Å². The molecule has 0 aromatic carbocycles. The first-order chi connectivity index (χ1) is 7.16. The van der Waals surface area contributed by atoms with E-state index in [4.69, 9.17) is 5.73 Å². The summed E-state index contributed by atoms with van der Waals surface area (Å²) in [4.78, 5) is 13.9. The number of nitrogens with two attached hydrogens (primary N) is 1. The van der Waals surface area contributed by atoms with Gasteiger partial charge in [0.25, 0.3) is 0 Å². The van der Waals surface area contributed by atoms with E-state index in [9.17, 15) is 4.79 Å². The van der Waals surface area contributed by atoms with Gasteiger partial charge in [-0.2, -0.15) is 0 Å². The van der Waals surface area contributed by atoms with Crippen molar-refractivity contribution in [2.75, 3.05) is 13.1 Å². The Labute approximate surface area is 104 Å². The van der Waals surface area contributed by atoms with Gasteiger partial charge in [0, 0.05) is 25.6 Å². The molecule has 0 aromatic heterocycles. The number of carbonyl (C=O) groups excluding carboxylic acids is 1. The van der Waals surface area contributed by atoms with E-state index >= 15 is 0 Å². The Hall–Kier alpha value is -0.280. The predicted molar refractivity (Wildman–Crippen MR) is 67.5 cm³/mol. The Bertz CT molecular complexity index is 241. The molecule has 2 atom stereocenters. The topological polar surface area (TPSA) is 46.3 Å². The van der Waals surface area contributed by atoms with Crippen molar-refractivity contribution >= 4 is 18.3 Å². The van der Waals surface area contributed by atoms with Crippen molar-refractivity contribution in [3.8, 4) is 0 Å². The van der Waals surface area contributed by atoms with Gasteiger partial charge in [0.2, 0.25) is 5.91 Å². The molecule has 2 aliphatic rings. The van der Waals surface area contributed by atoms with Crippen LogP contribution in [0.5, 0.6) is 0 Å². The maximum atomic E-state index is 11.9. The van der Waals surface area contributed by atoms with E-state index in [1.54, 1.807) is 0 Å². The van der Waals surface area contributed by atoms with Crippen LogP contribution in [0.2, 0.25) is 0 Å². The molecule has 1 saturated carbocycles. The average molecular weight is 247 g/mol. The van der Waals surface area contributed by atoms with Crippen LogP contribution in [0.3, 0.4) is 0 Å². The minimum Gasteiger partial charge on any atom is -0.342 e. The fourth-order valence-electron chi connectivity index (χ4n) is 2.52. The molecule has 0 aromatic rings. The van der Waals surface area contributed by atoms with Gasteiger partial charge in [0.1, 0.15) is 0 Å². The highest BCUT2D eigenvalue weighted by atomic mass is 35.5. The van der Waals surface area contributed by atoms with Gasteiger partial charge in [-0.3, -0.25) is 4.79 Å². The summed E-state index contributed by atoms with van der Waals surface area (Å²) in [6.07, 6.45) is 5.72. The van der Waals surface area contributed by atoms with Crippen molar-refractivity contribution in [1.82, 2.24) is 4.90 Å². The summed E-state index contributed by atoms with van der Waals surface area (Å²) in [6.45, 7) is 3.87. The quantitative estimate of drug-likeness (QED) is 0.826. The minimum absolute atomic E-state index is 0. The Kier molecular flexibility index (Phi) is 5.06. The van der Waals surface area contributed by atoms with Crippen molar-refractivity contribution in [2.45, 2.75) is 45.1 Å². The van der Waals surface area contributed by atoms with Gasteiger partial charge in [-0.05, 0) is 38.0 Å². The Morgan fingerprint density at radius 1 is 1.44 bits per heavy atom. The molecule has 3 nitrogen and oxygen atoms in total. The lowest BCUT2D eigenvalue weighted by atomic mass is 9.83. The zero-order chi connectivity index (χ0) is 10.8. The largest absolute Gasteiger partial charge is 0.342 e. The number of rotatable bonds is 3. The zero-order valence-electron chi connectivity index (χ0n) is 10.0. The van der Waals surface area contributed by atoms with E-state index in [-0.39, 0.29) is 18.4 Å². The summed E-state index contributed by atoms with van der Waals surface area (Å²) in [5.74, 6) is 1.57. The standard InChI is InChI=1S/C12H22N2O.ClH/c1-9(13)11-5-6-14(8-11)12(15)7-10-3-2-4-10;/h9-11H,2-8,13H2,1H3;1H. The molecule has 2 N–H and O–H groups in total. The molecule has 4 heteroatoms. The molecule has 16 heavy (non-hydrogen) atoms. The van der Waals surface area contributed by atoms with Crippen molar-refractivity contribution in [2.24, 2.45) is 17.6 Å². The first kappa shape index (κ1) is 13.8. The summed E-state index contributed by atoms with van der Waals surface area (Å²) < 4.78 is 0. The molecule has 1 amide bonds. The summed E-state index contributed by atoms with van der Waals surface area (Å²) >= 11 is 0. The van der Waals surface area contributed by atoms with Gasteiger partial charge < -0.3 is 10.6 Å². The van der Waals surface area contributed by atoms with Crippen LogP contribution in [0.4, 0.5) is 0 Å². The molecular weight excluding hydrogens is 224 g/mol. The molecule has 2 rings (SSSR count). The SMILES string of the molecule is CC(N)C1CCN(C(=O)CC2CCC2)C1.Cl. The highest BCUT2D eigenvalue weighted by molar-refractivity contribution is 5.85. The normalized spacial score (nSPS) is 27.1. The minimum atomic E-state index is 0. The van der Waals surface area contributed by atoms with Crippen LogP contribution in [-0.2, 0) is 4.79 Å². The summed E-state index contributed by atoms with van der Waals surface area (Å²) in [6, 6.07) is 0.228. The van der Waals surface area contributed by atoms with Crippen LogP contribution >= 0.6 is 12.4 Å². The molecule has 0 radical (unpaired) electrons. The van der Waals surface area contributed by atoms with Crippen LogP contribution in [0.15, 0.2) is 0 Å². The second-order valence-electron chi connectivity index (χ2n) is 5.25. The smallest absolute Gasteiger partial charge is 0.222 e. The van der Waals surface area contributed by atoms with Crippen LogP contribution in [0.1, 0.15) is 39.0 Å². The second-order valence-corrected chi connectivity index (χ2v) is 5.25. The van der Waals surface area contributed by atoms with Gasteiger partial charge >= 0.3 is 0 Å². The number of carbonyl (C=O) groups is 1. The van der Waals surface area contributed by atoms with Gasteiger partial charge in [-0.25, -0.2) is 0 Å². The summed E-state index contributed by atoms with van der Waals surface area (Å²) in [5.41, 5.74) is 5.86. The lowest BCUT2D eigenvalue weighted by molar-refractivity contribution is -0.131. The molecule has 1 aliphatic heterocycles. The maximum Gasteiger partial charge on any atom is 0.222 e. The fourth-order valence-corrected chi connectivity index (χ4v) is 2.52. The number of amides is 1. The molecule has 1 saturated heterocycles. The monoisotopic (exact) mass is 246 g/mol. The van der Waals surface area contributed by atoms with Crippen molar-refractivity contribution in [3.05, 3.63) is 0 Å². The zero-order valence-corrected chi connectivity index (χ0v) is 10.8. The Morgan fingerprint density at radius 3 is 2.56 bits per heavy atom. The first-order valence-corrected chi connectivity index (χ1v) is 6.20. The van der Waals surface area contributed by atoms with Crippen LogP contribution < -0.4 is 5.73 Å². The molecular formula is C12H23ClN2O. The molecule has 1 heterocycles. The summed E-state index contributed by atoms with van der Waals surface area (Å²) in [5, 5.41) is 0. The van der Waals surface area contributed by atoms with Crippen molar-refractivity contribution in [1.29, 1.82) is 0 Å². The number of nitrogens with zero attached hydrogens (tertiary/aromatic N) is 1. The fraction of sp³-hybridized carbons (Fsp3) is 0.917. The maximum absolute atomic E-state index is 11.9. The van der Waals surface area contributed by atoms with E-state index in [0.29, 0.717) is 17.7 Å². The Balaban J connectivity index is 0.00000128. The third-order valence-electron chi connectivity index (χ3n) is 4.01. The number of hydrogen-bond acceptors (Lipinski definition) is 2. The Morgan fingerprint density at radius 2 is 2.12 bits per heavy atom. The van der Waals surface area contributed by atoms with E-state index in [2.05, 4.69) is 0 Å². The third kappa shape index (κ3) is 3.11. The average Bonchev–Trinajstić information content (AvgIpc) is 2.59. The highest BCUT2D eigenvalue weighted by Gasteiger charge is 2.30. The van der Waals surface area contributed by atoms with E-state index in [1.165, 1.54) is 19.3 Å². The highest BCUT2D eigenvalue weighted by Crippen LogP contribution is 2.30. The van der Waals surface area contributed by atoms with E-state index < -0.39 is 0 Å². The lowest BCUT2D eigenvalue weighted by Crippen LogP contribution is -2.34. The first-order valence-electron chi connectivity index (χ1n) is 6.20. The van der Waals surface area contributed by atoms with Gasteiger partial charge in [0.05, 0.1) is 0 Å². The predicted octanol–water partition coefficient (Wildman–Crippen LogP) is 1.79. The molecule has 2 unspecified atom stereocenters. The molecule has 0 spiro atoms. The van der Waals surface area contributed by atoms with Crippen LogP contribution in [0, 0.1) is 11.8 Å². The van der Waals surface area contributed by atoms with Crippen molar-refractivity contribution < 1.29 is 4.79 Å². The molecule has 94 valence electrons. The second kappa shape index (κ2) is 5.87. The van der Waals surface area contributed by atoms with Crippen LogP contribution in [-0.4, -0.2) is 29.9 Å². The number of likely N-dealkylation sites (tertiary alicyclic amines) is 1. The van der Waals surface area contributed by atoms with Gasteiger partial charge in [-0.1, -0.05) is 6.42 Å². The van der Waals surface area contributed by atoms with Gasteiger partial charge in [0.15, 0.2) is 0 Å². The molecule has 2 fully saturated rings. The molecule has 1 aliphatic carbocycles. The summed E-state index contributed by atoms with van der Waals surface area (Å²) in [7, 11) is 0. The van der Waals surface area contributed by atoms with Gasteiger partial charge in [-0.15, -0.1) is 12.4 Å². The lowest BCUT2D eigenvalue weighted by Gasteiger charge is -2.27. The molecule has 0 bridgehead atoms.